The number of cyclic esters (lactones) is 1. The van der Waals surface area contributed by atoms with Crippen LogP contribution in [0.15, 0.2) is 42.5 Å². The number of nitrogens with zero attached hydrogens (tertiary/aromatic N) is 1. The van der Waals surface area contributed by atoms with Gasteiger partial charge in [0.2, 0.25) is 0 Å². The molecule has 1 fully saturated rings. The third kappa shape index (κ3) is 1.64. The van der Waals surface area contributed by atoms with Gasteiger partial charge in [-0.2, -0.15) is 0 Å². The summed E-state index contributed by atoms with van der Waals surface area (Å²) >= 11 is 0. The lowest BCUT2D eigenvalue weighted by Crippen LogP contribution is -2.17. The molecule has 3 rings (SSSR count). The van der Waals surface area contributed by atoms with Crippen LogP contribution < -0.4 is 0 Å². The van der Waals surface area contributed by atoms with E-state index in [1.165, 1.54) is 5.39 Å². The first-order chi connectivity index (χ1) is 8.25. The highest BCUT2D eigenvalue weighted by atomic mass is 16.6. The van der Waals surface area contributed by atoms with E-state index >= 15 is 0 Å². The van der Waals surface area contributed by atoms with Gasteiger partial charge in [-0.25, -0.2) is 4.79 Å². The van der Waals surface area contributed by atoms with Gasteiger partial charge in [0.1, 0.15) is 6.10 Å². The molecule has 1 atom stereocenters. The minimum absolute atomic E-state index is 0.154. The molecule has 0 unspecified atom stereocenters. The van der Waals surface area contributed by atoms with Gasteiger partial charge in [0, 0.05) is 12.6 Å². The van der Waals surface area contributed by atoms with Crippen LogP contribution in [0.2, 0.25) is 0 Å². The maximum atomic E-state index is 11.4. The molecule has 2 aromatic carbocycles. The molecule has 1 aliphatic heterocycles. The minimum atomic E-state index is -0.247. The predicted octanol–water partition coefficient (Wildman–Crippen LogP) is 2.96. The van der Waals surface area contributed by atoms with Crippen molar-refractivity contribution in [1.29, 1.82) is 0 Å². The van der Waals surface area contributed by atoms with Gasteiger partial charge in [-0.15, -0.1) is 0 Å². The van der Waals surface area contributed by atoms with E-state index in [0.29, 0.717) is 6.54 Å². The molecule has 2 aromatic rings. The largest absolute Gasteiger partial charge is 0.439 e. The standard InChI is InChI=1S/C14H13NO2/c1-15-9-13(17-14(15)16)12-8-4-6-10-5-2-3-7-11(10)12/h2-8,13H,9H2,1H3/t13-/m0/s1. The van der Waals surface area contributed by atoms with Crippen LogP contribution in [0.1, 0.15) is 11.7 Å². The average molecular weight is 227 g/mol. The van der Waals surface area contributed by atoms with E-state index in [-0.39, 0.29) is 12.2 Å². The Morgan fingerprint density at radius 2 is 1.94 bits per heavy atom. The molecule has 1 amide bonds. The van der Waals surface area contributed by atoms with Crippen molar-refractivity contribution in [3.63, 3.8) is 0 Å². The molecule has 0 saturated carbocycles. The molecule has 1 saturated heterocycles. The fourth-order valence-corrected chi connectivity index (χ4v) is 2.27. The first-order valence-electron chi connectivity index (χ1n) is 5.65. The maximum absolute atomic E-state index is 11.4. The van der Waals surface area contributed by atoms with Gasteiger partial charge >= 0.3 is 6.09 Å². The summed E-state index contributed by atoms with van der Waals surface area (Å²) in [6.45, 7) is 0.618. The molecule has 0 aromatic heterocycles. The molecule has 0 radical (unpaired) electrons. The smallest absolute Gasteiger partial charge is 0.410 e. The van der Waals surface area contributed by atoms with Crippen LogP contribution in [0.5, 0.6) is 0 Å². The van der Waals surface area contributed by atoms with Gasteiger partial charge in [-0.1, -0.05) is 42.5 Å². The van der Waals surface area contributed by atoms with Crippen molar-refractivity contribution in [2.45, 2.75) is 6.10 Å². The molecule has 1 aliphatic rings. The Morgan fingerprint density at radius 1 is 1.18 bits per heavy atom. The van der Waals surface area contributed by atoms with Crippen molar-refractivity contribution in [1.82, 2.24) is 4.90 Å². The van der Waals surface area contributed by atoms with Gasteiger partial charge in [0.05, 0.1) is 6.54 Å². The van der Waals surface area contributed by atoms with Gasteiger partial charge in [0.25, 0.3) is 0 Å². The molecular weight excluding hydrogens is 214 g/mol. The Bertz CT molecular complexity index is 574. The van der Waals surface area contributed by atoms with Crippen LogP contribution in [0, 0.1) is 0 Å². The molecule has 1 heterocycles. The number of ether oxygens (including phenoxy) is 1. The topological polar surface area (TPSA) is 29.5 Å². The molecule has 17 heavy (non-hydrogen) atoms. The summed E-state index contributed by atoms with van der Waals surface area (Å²) < 4.78 is 5.35. The van der Waals surface area contributed by atoms with Crippen LogP contribution >= 0.6 is 0 Å². The van der Waals surface area contributed by atoms with Crippen LogP contribution in [-0.4, -0.2) is 24.6 Å². The zero-order chi connectivity index (χ0) is 11.8. The molecule has 3 heteroatoms. The second-order valence-electron chi connectivity index (χ2n) is 4.32. The monoisotopic (exact) mass is 227 g/mol. The number of hydrogen-bond donors (Lipinski definition) is 0. The first-order valence-corrected chi connectivity index (χ1v) is 5.65. The SMILES string of the molecule is CN1C[C@@H](c2cccc3ccccc23)OC1=O. The van der Waals surface area contributed by atoms with Crippen LogP contribution in [0.4, 0.5) is 4.79 Å². The van der Waals surface area contributed by atoms with Crippen LogP contribution in [-0.2, 0) is 4.74 Å². The van der Waals surface area contributed by atoms with Crippen molar-refractivity contribution in [3.8, 4) is 0 Å². The second-order valence-corrected chi connectivity index (χ2v) is 4.32. The summed E-state index contributed by atoms with van der Waals surface area (Å²) in [5, 5.41) is 2.33. The van der Waals surface area contributed by atoms with Crippen molar-refractivity contribution < 1.29 is 9.53 Å². The van der Waals surface area contributed by atoms with E-state index in [1.54, 1.807) is 11.9 Å². The average Bonchev–Trinajstić information content (AvgIpc) is 2.69. The second kappa shape index (κ2) is 3.77. The fourth-order valence-electron chi connectivity index (χ4n) is 2.27. The van der Waals surface area contributed by atoms with Crippen LogP contribution in [0.3, 0.4) is 0 Å². The Balaban J connectivity index is 2.09. The van der Waals surface area contributed by atoms with Gasteiger partial charge in [-0.05, 0) is 10.8 Å². The molecule has 0 aliphatic carbocycles. The van der Waals surface area contributed by atoms with Crippen LogP contribution in [0.25, 0.3) is 10.8 Å². The third-order valence-corrected chi connectivity index (χ3v) is 3.16. The highest BCUT2D eigenvalue weighted by molar-refractivity contribution is 5.86. The number of hydrogen-bond acceptors (Lipinski definition) is 2. The molecular formula is C14H13NO2. The number of fused-ring (bicyclic) bond motifs is 1. The lowest BCUT2D eigenvalue weighted by molar-refractivity contribution is 0.135. The molecule has 3 nitrogen and oxygen atoms in total. The van der Waals surface area contributed by atoms with E-state index in [9.17, 15) is 4.79 Å². The summed E-state index contributed by atoms with van der Waals surface area (Å²) in [7, 11) is 1.76. The predicted molar refractivity (Wildman–Crippen MR) is 65.8 cm³/mol. The van der Waals surface area contributed by atoms with Gasteiger partial charge < -0.3 is 9.64 Å². The van der Waals surface area contributed by atoms with E-state index in [4.69, 9.17) is 4.74 Å². The highest BCUT2D eigenvalue weighted by Gasteiger charge is 2.30. The third-order valence-electron chi connectivity index (χ3n) is 3.16. The summed E-state index contributed by atoms with van der Waals surface area (Å²) in [4.78, 5) is 13.0. The number of carbonyl (C=O) groups excluding carboxylic acids is 1. The van der Waals surface area contributed by atoms with E-state index < -0.39 is 0 Å². The Kier molecular flexibility index (Phi) is 2.25. The van der Waals surface area contributed by atoms with Crippen molar-refractivity contribution in [3.05, 3.63) is 48.0 Å². The molecule has 0 bridgehead atoms. The van der Waals surface area contributed by atoms with Gasteiger partial charge in [-0.3, -0.25) is 0 Å². The van der Waals surface area contributed by atoms with E-state index in [1.807, 2.05) is 24.3 Å². The molecule has 86 valence electrons. The number of benzene rings is 2. The first kappa shape index (κ1) is 10.1. The zero-order valence-corrected chi connectivity index (χ0v) is 9.59. The maximum Gasteiger partial charge on any atom is 0.410 e. The van der Waals surface area contributed by atoms with Crippen molar-refractivity contribution in [2.75, 3.05) is 13.6 Å². The summed E-state index contributed by atoms with van der Waals surface area (Å²) in [6, 6.07) is 14.3. The summed E-state index contributed by atoms with van der Waals surface area (Å²) in [5.74, 6) is 0. The summed E-state index contributed by atoms with van der Waals surface area (Å²) in [5.41, 5.74) is 1.08. The lowest BCUT2D eigenvalue weighted by Gasteiger charge is -2.11. The normalized spacial score (nSPS) is 19.7. The number of rotatable bonds is 1. The Morgan fingerprint density at radius 3 is 2.71 bits per heavy atom. The minimum Gasteiger partial charge on any atom is -0.439 e. The quantitative estimate of drug-likeness (QED) is 0.749. The fraction of sp³-hybridized carbons (Fsp3) is 0.214. The number of carbonyl (C=O) groups is 1. The van der Waals surface area contributed by atoms with Gasteiger partial charge in [0.15, 0.2) is 0 Å². The Labute approximate surface area is 99.6 Å². The zero-order valence-electron chi connectivity index (χ0n) is 9.59. The molecule has 0 N–H and O–H groups in total. The molecule has 0 spiro atoms. The Hall–Kier alpha value is -2.03. The summed E-state index contributed by atoms with van der Waals surface area (Å²) in [6.07, 6.45) is -0.401. The van der Waals surface area contributed by atoms with Crippen molar-refractivity contribution >= 4 is 16.9 Å². The van der Waals surface area contributed by atoms with E-state index in [0.717, 1.165) is 10.9 Å². The van der Waals surface area contributed by atoms with E-state index in [2.05, 4.69) is 18.2 Å². The number of likely N-dealkylation sites (N-methyl/N-ethyl adjacent to an activating group) is 1. The lowest BCUT2D eigenvalue weighted by atomic mass is 10.0. The highest BCUT2D eigenvalue weighted by Crippen LogP contribution is 2.30. The van der Waals surface area contributed by atoms with Crippen molar-refractivity contribution in [2.24, 2.45) is 0 Å². The number of amides is 1.